The molecule has 1 heterocycles. The Labute approximate surface area is 180 Å². The van der Waals surface area contributed by atoms with E-state index in [0.29, 0.717) is 12.2 Å². The summed E-state index contributed by atoms with van der Waals surface area (Å²) in [5.74, 6) is -1.20. The van der Waals surface area contributed by atoms with Crippen molar-refractivity contribution >= 4 is 12.1 Å². The minimum Gasteiger partial charge on any atom is -0.479 e. The molecule has 7 heteroatoms. The van der Waals surface area contributed by atoms with Crippen LogP contribution in [-0.4, -0.2) is 44.8 Å². The van der Waals surface area contributed by atoms with Crippen LogP contribution in [0.2, 0.25) is 0 Å². The zero-order valence-electron chi connectivity index (χ0n) is 17.6. The van der Waals surface area contributed by atoms with Crippen LogP contribution in [0.3, 0.4) is 0 Å². The third-order valence-corrected chi connectivity index (χ3v) is 5.82. The quantitative estimate of drug-likeness (QED) is 0.617. The lowest BCUT2D eigenvalue weighted by atomic mass is 9.98. The van der Waals surface area contributed by atoms with Crippen molar-refractivity contribution in [1.29, 1.82) is 0 Å². The van der Waals surface area contributed by atoms with Crippen molar-refractivity contribution in [3.63, 3.8) is 0 Å². The molecule has 160 valence electrons. The van der Waals surface area contributed by atoms with Crippen LogP contribution in [0, 0.1) is 0 Å². The fraction of sp³-hybridized carbons (Fsp3) is 0.292. The van der Waals surface area contributed by atoms with Crippen molar-refractivity contribution in [1.82, 2.24) is 14.5 Å². The van der Waals surface area contributed by atoms with Crippen LogP contribution in [-0.2, 0) is 16.1 Å². The molecule has 1 aliphatic carbocycles. The average molecular weight is 419 g/mol. The van der Waals surface area contributed by atoms with Gasteiger partial charge in [-0.2, -0.15) is 0 Å². The number of nitrogens with zero attached hydrogens (tertiary/aromatic N) is 3. The number of carbonyl (C=O) groups excluding carboxylic acids is 1. The van der Waals surface area contributed by atoms with E-state index in [1.807, 2.05) is 43.3 Å². The highest BCUT2D eigenvalue weighted by Gasteiger charge is 2.35. The molecule has 31 heavy (non-hydrogen) atoms. The number of aliphatic carboxylic acids is 1. The smallest absolute Gasteiger partial charge is 0.410 e. The summed E-state index contributed by atoms with van der Waals surface area (Å²) in [6, 6.07) is 15.0. The Morgan fingerprint density at radius 1 is 1.10 bits per heavy atom. The second-order valence-corrected chi connectivity index (χ2v) is 7.44. The maximum Gasteiger partial charge on any atom is 0.410 e. The maximum atomic E-state index is 13.0. The molecule has 2 aromatic carbocycles. The fourth-order valence-corrected chi connectivity index (χ4v) is 4.34. The fourth-order valence-electron chi connectivity index (χ4n) is 4.34. The number of likely N-dealkylation sites (N-methyl/N-ethyl adjacent to an activating group) is 1. The zero-order valence-corrected chi connectivity index (χ0v) is 17.6. The van der Waals surface area contributed by atoms with Gasteiger partial charge in [-0.15, -0.1) is 0 Å². The van der Waals surface area contributed by atoms with Crippen molar-refractivity contribution in [2.75, 3.05) is 13.2 Å². The number of aromatic nitrogens is 2. The summed E-state index contributed by atoms with van der Waals surface area (Å²) in [5.41, 5.74) is 4.95. The molecule has 1 aliphatic rings. The molecule has 3 aromatic rings. The van der Waals surface area contributed by atoms with E-state index in [4.69, 9.17) is 4.74 Å². The van der Waals surface area contributed by atoms with Gasteiger partial charge in [-0.3, -0.25) is 4.90 Å². The lowest BCUT2D eigenvalue weighted by Crippen LogP contribution is -2.40. The molecule has 0 aliphatic heterocycles. The number of carbonyl (C=O) groups is 2. The Kier molecular flexibility index (Phi) is 5.75. The number of hydrogen-bond donors (Lipinski definition) is 1. The molecule has 0 saturated carbocycles. The first kappa shape index (κ1) is 20.7. The van der Waals surface area contributed by atoms with Gasteiger partial charge in [-0.1, -0.05) is 48.5 Å². The molecular formula is C24H25N3O4. The van der Waals surface area contributed by atoms with Crippen LogP contribution < -0.4 is 0 Å². The monoisotopic (exact) mass is 419 g/mol. The molecule has 1 amide bonds. The summed E-state index contributed by atoms with van der Waals surface area (Å²) in [6.07, 6.45) is 2.40. The Bertz CT molecular complexity index is 1060. The van der Waals surface area contributed by atoms with E-state index in [2.05, 4.69) is 17.1 Å². The highest BCUT2D eigenvalue weighted by molar-refractivity contribution is 5.82. The van der Waals surface area contributed by atoms with E-state index in [-0.39, 0.29) is 19.1 Å². The van der Waals surface area contributed by atoms with Gasteiger partial charge in [-0.05, 0) is 36.1 Å². The van der Waals surface area contributed by atoms with Crippen LogP contribution in [0.4, 0.5) is 4.79 Å². The normalized spacial score (nSPS) is 13.4. The minimum atomic E-state index is -1.16. The Morgan fingerprint density at radius 3 is 2.26 bits per heavy atom. The van der Waals surface area contributed by atoms with Crippen LogP contribution in [0.1, 0.15) is 42.6 Å². The van der Waals surface area contributed by atoms with Gasteiger partial charge in [0, 0.05) is 19.0 Å². The molecule has 1 aromatic heterocycles. The number of carboxylic acids is 1. The first-order valence-electron chi connectivity index (χ1n) is 10.4. The Balaban J connectivity index is 1.57. The molecular weight excluding hydrogens is 394 g/mol. The standard InChI is InChI=1S/C24H25N3O4/c1-3-26-15-25-13-21(26)22(23(28)29)27(4-2)24(30)31-14-20-18-11-7-5-9-16(18)17-10-6-8-12-19(17)20/h5-13,15,20,22H,3-4,14H2,1-2H3,(H,28,29). The van der Waals surface area contributed by atoms with Gasteiger partial charge in [0.2, 0.25) is 0 Å². The maximum absolute atomic E-state index is 13.0. The molecule has 0 spiro atoms. The van der Waals surface area contributed by atoms with Crippen molar-refractivity contribution in [2.45, 2.75) is 32.4 Å². The number of carboxylic acid groups (broad SMARTS) is 1. The highest BCUT2D eigenvalue weighted by atomic mass is 16.6. The van der Waals surface area contributed by atoms with Crippen molar-refractivity contribution < 1.29 is 19.4 Å². The molecule has 1 unspecified atom stereocenters. The topological polar surface area (TPSA) is 84.7 Å². The number of rotatable bonds is 7. The van der Waals surface area contributed by atoms with Crippen LogP contribution in [0.5, 0.6) is 0 Å². The molecule has 1 N–H and O–H groups in total. The van der Waals surface area contributed by atoms with Crippen molar-refractivity contribution in [3.8, 4) is 11.1 Å². The van der Waals surface area contributed by atoms with Gasteiger partial charge < -0.3 is 14.4 Å². The van der Waals surface area contributed by atoms with Crippen molar-refractivity contribution in [3.05, 3.63) is 77.9 Å². The molecule has 0 bridgehead atoms. The number of ether oxygens (including phenoxy) is 1. The minimum absolute atomic E-state index is 0.0838. The summed E-state index contributed by atoms with van der Waals surface area (Å²) in [5, 5.41) is 9.86. The number of hydrogen-bond acceptors (Lipinski definition) is 4. The van der Waals surface area contributed by atoms with E-state index in [1.165, 1.54) is 11.1 Å². The molecule has 0 fully saturated rings. The lowest BCUT2D eigenvalue weighted by Gasteiger charge is -2.28. The number of fused-ring (bicyclic) bond motifs is 3. The molecule has 0 saturated heterocycles. The zero-order chi connectivity index (χ0) is 22.0. The average Bonchev–Trinajstić information content (AvgIpc) is 3.38. The van der Waals surface area contributed by atoms with E-state index in [9.17, 15) is 14.7 Å². The SMILES string of the molecule is CCN(C(=O)OCC1c2ccccc2-c2ccccc21)C(C(=O)O)c1cncn1CC. The number of imidazole rings is 1. The summed E-state index contributed by atoms with van der Waals surface area (Å²) < 4.78 is 7.41. The molecule has 0 radical (unpaired) electrons. The molecule has 4 rings (SSSR count). The Hall–Kier alpha value is -3.61. The van der Waals surface area contributed by atoms with Crippen molar-refractivity contribution in [2.24, 2.45) is 0 Å². The van der Waals surface area contributed by atoms with Crippen LogP contribution >= 0.6 is 0 Å². The first-order valence-corrected chi connectivity index (χ1v) is 10.4. The molecule has 1 atom stereocenters. The van der Waals surface area contributed by atoms with E-state index >= 15 is 0 Å². The number of benzene rings is 2. The number of aryl methyl sites for hydroxylation is 1. The number of amides is 1. The predicted octanol–water partition coefficient (Wildman–Crippen LogP) is 4.30. The Morgan fingerprint density at radius 2 is 1.71 bits per heavy atom. The molecule has 7 nitrogen and oxygen atoms in total. The van der Waals surface area contributed by atoms with E-state index < -0.39 is 18.1 Å². The van der Waals surface area contributed by atoms with Gasteiger partial charge in [0.15, 0.2) is 6.04 Å². The van der Waals surface area contributed by atoms with Gasteiger partial charge >= 0.3 is 12.1 Å². The van der Waals surface area contributed by atoms with Gasteiger partial charge in [0.1, 0.15) is 6.61 Å². The largest absolute Gasteiger partial charge is 0.479 e. The first-order chi connectivity index (χ1) is 15.1. The summed E-state index contributed by atoms with van der Waals surface area (Å²) in [6.45, 7) is 4.53. The lowest BCUT2D eigenvalue weighted by molar-refractivity contribution is -0.143. The highest BCUT2D eigenvalue weighted by Crippen LogP contribution is 2.44. The second kappa shape index (κ2) is 8.63. The predicted molar refractivity (Wildman–Crippen MR) is 116 cm³/mol. The summed E-state index contributed by atoms with van der Waals surface area (Å²) in [4.78, 5) is 30.4. The van der Waals surface area contributed by atoms with E-state index in [0.717, 1.165) is 22.3 Å². The summed E-state index contributed by atoms with van der Waals surface area (Å²) in [7, 11) is 0. The van der Waals surface area contributed by atoms with Gasteiger partial charge in [0.05, 0.1) is 18.2 Å². The van der Waals surface area contributed by atoms with Crippen LogP contribution in [0.15, 0.2) is 61.1 Å². The van der Waals surface area contributed by atoms with Gasteiger partial charge in [0.25, 0.3) is 0 Å². The second-order valence-electron chi connectivity index (χ2n) is 7.44. The summed E-state index contributed by atoms with van der Waals surface area (Å²) >= 11 is 0. The van der Waals surface area contributed by atoms with E-state index in [1.54, 1.807) is 17.8 Å². The van der Waals surface area contributed by atoms with Crippen LogP contribution in [0.25, 0.3) is 11.1 Å². The van der Waals surface area contributed by atoms with Gasteiger partial charge in [-0.25, -0.2) is 14.6 Å². The third kappa shape index (κ3) is 3.67. The third-order valence-electron chi connectivity index (χ3n) is 5.82.